The van der Waals surface area contributed by atoms with Crippen molar-refractivity contribution >= 4 is 5.97 Å². The molecule has 0 aromatic rings. The van der Waals surface area contributed by atoms with Gasteiger partial charge in [-0.05, 0) is 19.9 Å². The van der Waals surface area contributed by atoms with Gasteiger partial charge in [0.1, 0.15) is 0 Å². The summed E-state index contributed by atoms with van der Waals surface area (Å²) in [5, 5.41) is 8.74. The van der Waals surface area contributed by atoms with E-state index in [4.69, 9.17) is 5.11 Å². The first kappa shape index (κ1) is 10.3. The zero-order valence-corrected chi connectivity index (χ0v) is 8.29. The van der Waals surface area contributed by atoms with Crippen LogP contribution in [-0.4, -0.2) is 36.1 Å². The van der Waals surface area contributed by atoms with Crippen molar-refractivity contribution < 1.29 is 9.90 Å². The van der Waals surface area contributed by atoms with Gasteiger partial charge in [-0.3, -0.25) is 4.79 Å². The van der Waals surface area contributed by atoms with Crippen LogP contribution in [0.1, 0.15) is 19.8 Å². The van der Waals surface area contributed by atoms with E-state index in [0.717, 1.165) is 19.5 Å². The molecule has 1 unspecified atom stereocenters. The minimum absolute atomic E-state index is 0.252. The lowest BCUT2D eigenvalue weighted by Gasteiger charge is -2.23. The van der Waals surface area contributed by atoms with Crippen molar-refractivity contribution in [2.24, 2.45) is 5.92 Å². The number of carboxylic acids is 1. The van der Waals surface area contributed by atoms with Crippen LogP contribution in [0.15, 0.2) is 11.6 Å². The maximum Gasteiger partial charge on any atom is 0.306 e. The van der Waals surface area contributed by atoms with Gasteiger partial charge in [0.15, 0.2) is 0 Å². The maximum atomic E-state index is 10.6. The van der Waals surface area contributed by atoms with E-state index in [2.05, 4.69) is 18.0 Å². The smallest absolute Gasteiger partial charge is 0.306 e. The molecule has 13 heavy (non-hydrogen) atoms. The Kier molecular flexibility index (Phi) is 3.48. The Morgan fingerprint density at radius 2 is 2.46 bits per heavy atom. The molecule has 3 heteroatoms. The Hall–Kier alpha value is -0.830. The SMILES string of the molecule is CC(CC1=CCCN(C)C1)C(=O)O. The Morgan fingerprint density at radius 3 is 3.00 bits per heavy atom. The van der Waals surface area contributed by atoms with Gasteiger partial charge in [0.2, 0.25) is 0 Å². The molecule has 0 aromatic carbocycles. The van der Waals surface area contributed by atoms with Crippen LogP contribution in [0, 0.1) is 5.92 Å². The van der Waals surface area contributed by atoms with E-state index in [9.17, 15) is 4.79 Å². The number of carboxylic acid groups (broad SMARTS) is 1. The summed E-state index contributed by atoms with van der Waals surface area (Å²) in [5.74, 6) is -0.952. The fourth-order valence-electron chi connectivity index (χ4n) is 1.61. The molecular formula is C10H17NO2. The van der Waals surface area contributed by atoms with Crippen LogP contribution in [0.25, 0.3) is 0 Å². The molecular weight excluding hydrogens is 166 g/mol. The molecule has 1 aliphatic rings. The number of hydrogen-bond donors (Lipinski definition) is 1. The molecule has 0 aliphatic carbocycles. The summed E-state index contributed by atoms with van der Waals surface area (Å²) in [7, 11) is 2.07. The minimum Gasteiger partial charge on any atom is -0.481 e. The molecule has 0 spiro atoms. The molecule has 0 amide bonds. The van der Waals surface area contributed by atoms with Crippen LogP contribution in [0.2, 0.25) is 0 Å². The van der Waals surface area contributed by atoms with Gasteiger partial charge in [-0.25, -0.2) is 0 Å². The standard InChI is InChI=1S/C10H17NO2/c1-8(10(12)13)6-9-4-3-5-11(2)7-9/h4,8H,3,5-7H2,1-2H3,(H,12,13). The molecule has 0 fully saturated rings. The van der Waals surface area contributed by atoms with Crippen LogP contribution >= 0.6 is 0 Å². The van der Waals surface area contributed by atoms with Gasteiger partial charge in [-0.1, -0.05) is 18.6 Å². The van der Waals surface area contributed by atoms with E-state index in [1.54, 1.807) is 6.92 Å². The molecule has 1 aliphatic heterocycles. The lowest BCUT2D eigenvalue weighted by molar-refractivity contribution is -0.141. The number of aliphatic carboxylic acids is 1. The van der Waals surface area contributed by atoms with E-state index in [1.807, 2.05) is 0 Å². The van der Waals surface area contributed by atoms with Crippen molar-refractivity contribution in [3.63, 3.8) is 0 Å². The zero-order chi connectivity index (χ0) is 9.84. The Bertz CT molecular complexity index is 223. The zero-order valence-electron chi connectivity index (χ0n) is 8.29. The molecule has 0 saturated carbocycles. The predicted octanol–water partition coefficient (Wildman–Crippen LogP) is 1.36. The Morgan fingerprint density at radius 1 is 1.77 bits per heavy atom. The highest BCUT2D eigenvalue weighted by atomic mass is 16.4. The van der Waals surface area contributed by atoms with Crippen molar-refractivity contribution in [2.75, 3.05) is 20.1 Å². The Labute approximate surface area is 79.0 Å². The molecule has 1 rings (SSSR count). The van der Waals surface area contributed by atoms with Gasteiger partial charge in [-0.15, -0.1) is 0 Å². The van der Waals surface area contributed by atoms with Gasteiger partial charge in [0.25, 0.3) is 0 Å². The fourth-order valence-corrected chi connectivity index (χ4v) is 1.61. The third kappa shape index (κ3) is 3.19. The molecule has 0 bridgehead atoms. The summed E-state index contributed by atoms with van der Waals surface area (Å²) < 4.78 is 0. The van der Waals surface area contributed by atoms with Crippen LogP contribution in [0.4, 0.5) is 0 Å². The molecule has 74 valence electrons. The van der Waals surface area contributed by atoms with Crippen LogP contribution in [-0.2, 0) is 4.79 Å². The van der Waals surface area contributed by atoms with Crippen molar-refractivity contribution in [1.29, 1.82) is 0 Å². The monoisotopic (exact) mass is 183 g/mol. The topological polar surface area (TPSA) is 40.5 Å². The summed E-state index contributed by atoms with van der Waals surface area (Å²) in [6, 6.07) is 0. The van der Waals surface area contributed by atoms with Crippen LogP contribution < -0.4 is 0 Å². The minimum atomic E-state index is -0.700. The normalized spacial score (nSPS) is 20.9. The van der Waals surface area contributed by atoms with Gasteiger partial charge in [0, 0.05) is 13.1 Å². The molecule has 3 nitrogen and oxygen atoms in total. The largest absolute Gasteiger partial charge is 0.481 e. The highest BCUT2D eigenvalue weighted by Gasteiger charge is 2.15. The average Bonchev–Trinajstić information content (AvgIpc) is 2.04. The van der Waals surface area contributed by atoms with E-state index >= 15 is 0 Å². The summed E-state index contributed by atoms with van der Waals surface area (Å²) in [5.41, 5.74) is 1.27. The second-order valence-corrected chi connectivity index (χ2v) is 3.83. The predicted molar refractivity (Wildman–Crippen MR) is 51.6 cm³/mol. The van der Waals surface area contributed by atoms with Crippen molar-refractivity contribution in [1.82, 2.24) is 4.90 Å². The molecule has 0 saturated heterocycles. The maximum absolute atomic E-state index is 10.6. The van der Waals surface area contributed by atoms with E-state index in [-0.39, 0.29) is 5.92 Å². The average molecular weight is 183 g/mol. The number of rotatable bonds is 3. The molecule has 1 N–H and O–H groups in total. The molecule has 0 radical (unpaired) electrons. The van der Waals surface area contributed by atoms with Crippen LogP contribution in [0.5, 0.6) is 0 Å². The second kappa shape index (κ2) is 4.42. The number of carbonyl (C=O) groups is 1. The summed E-state index contributed by atoms with van der Waals surface area (Å²) >= 11 is 0. The lowest BCUT2D eigenvalue weighted by atomic mass is 9.98. The van der Waals surface area contributed by atoms with E-state index < -0.39 is 5.97 Å². The Balaban J connectivity index is 2.44. The van der Waals surface area contributed by atoms with Crippen molar-refractivity contribution in [2.45, 2.75) is 19.8 Å². The third-order valence-corrected chi connectivity index (χ3v) is 2.41. The highest BCUT2D eigenvalue weighted by molar-refractivity contribution is 5.69. The van der Waals surface area contributed by atoms with Gasteiger partial charge >= 0.3 is 5.97 Å². The van der Waals surface area contributed by atoms with E-state index in [1.165, 1.54) is 5.57 Å². The second-order valence-electron chi connectivity index (χ2n) is 3.83. The highest BCUT2D eigenvalue weighted by Crippen LogP contribution is 2.16. The third-order valence-electron chi connectivity index (χ3n) is 2.41. The van der Waals surface area contributed by atoms with E-state index in [0.29, 0.717) is 6.42 Å². The first-order chi connectivity index (χ1) is 6.09. The van der Waals surface area contributed by atoms with Crippen molar-refractivity contribution in [3.8, 4) is 0 Å². The van der Waals surface area contributed by atoms with Gasteiger partial charge in [-0.2, -0.15) is 0 Å². The number of likely N-dealkylation sites (N-methyl/N-ethyl adjacent to an activating group) is 1. The first-order valence-corrected chi connectivity index (χ1v) is 4.69. The van der Waals surface area contributed by atoms with Crippen molar-refractivity contribution in [3.05, 3.63) is 11.6 Å². The first-order valence-electron chi connectivity index (χ1n) is 4.69. The number of hydrogen-bond acceptors (Lipinski definition) is 2. The summed E-state index contributed by atoms with van der Waals surface area (Å²) in [6.45, 7) is 3.78. The molecule has 1 heterocycles. The molecule has 1 atom stereocenters. The molecule has 0 aromatic heterocycles. The quantitative estimate of drug-likeness (QED) is 0.672. The van der Waals surface area contributed by atoms with Gasteiger partial charge < -0.3 is 10.0 Å². The number of nitrogens with zero attached hydrogens (tertiary/aromatic N) is 1. The van der Waals surface area contributed by atoms with Gasteiger partial charge in [0.05, 0.1) is 5.92 Å². The summed E-state index contributed by atoms with van der Waals surface area (Å²) in [4.78, 5) is 12.8. The van der Waals surface area contributed by atoms with Crippen LogP contribution in [0.3, 0.4) is 0 Å². The fraction of sp³-hybridized carbons (Fsp3) is 0.700. The lowest BCUT2D eigenvalue weighted by Crippen LogP contribution is -2.27. The summed E-state index contributed by atoms with van der Waals surface area (Å²) in [6.07, 6.45) is 3.93.